The summed E-state index contributed by atoms with van der Waals surface area (Å²) < 4.78 is 5.45. The lowest BCUT2D eigenvalue weighted by Crippen LogP contribution is -2.62. The van der Waals surface area contributed by atoms with E-state index in [0.717, 1.165) is 16.8 Å². The van der Waals surface area contributed by atoms with Crippen LogP contribution in [0.4, 0.5) is 10.8 Å². The van der Waals surface area contributed by atoms with Gasteiger partial charge in [-0.15, -0.1) is 11.3 Å². The summed E-state index contributed by atoms with van der Waals surface area (Å²) in [5.41, 5.74) is 3.02. The summed E-state index contributed by atoms with van der Waals surface area (Å²) in [7, 11) is 1.61. The molecule has 5 rings (SSSR count). The first-order chi connectivity index (χ1) is 16.8. The summed E-state index contributed by atoms with van der Waals surface area (Å²) in [6, 6.07) is 13.0. The molecular formula is C26H26N4O4S. The summed E-state index contributed by atoms with van der Waals surface area (Å²) in [6.45, 7) is 4.09. The monoisotopic (exact) mass is 490 g/mol. The largest absolute Gasteiger partial charge is 0.496 e. The van der Waals surface area contributed by atoms with Crippen LogP contribution in [0.2, 0.25) is 0 Å². The van der Waals surface area contributed by atoms with Crippen molar-refractivity contribution in [3.63, 3.8) is 0 Å². The van der Waals surface area contributed by atoms with Crippen molar-refractivity contribution < 1.29 is 19.1 Å². The Morgan fingerprint density at radius 2 is 2.00 bits per heavy atom. The molecule has 0 aliphatic carbocycles. The second kappa shape index (κ2) is 8.81. The predicted molar refractivity (Wildman–Crippen MR) is 135 cm³/mol. The third kappa shape index (κ3) is 3.95. The Hall–Kier alpha value is -3.72. The number of hydrogen-bond donors (Lipinski definition) is 1. The average Bonchev–Trinajstić information content (AvgIpc) is 3.43. The Kier molecular flexibility index (Phi) is 5.80. The zero-order valence-electron chi connectivity index (χ0n) is 19.8. The van der Waals surface area contributed by atoms with Crippen LogP contribution in [0.15, 0.2) is 47.8 Å². The topological polar surface area (TPSA) is 91.8 Å². The molecule has 2 aliphatic rings. The van der Waals surface area contributed by atoms with Crippen LogP contribution >= 0.6 is 11.3 Å². The summed E-state index contributed by atoms with van der Waals surface area (Å²) >= 11 is 1.33. The number of aryl methyl sites for hydroxylation is 1. The smallest absolute Gasteiger partial charge is 0.257 e. The minimum atomic E-state index is -0.779. The Bertz CT molecular complexity index is 1340. The normalized spacial score (nSPS) is 18.9. The highest BCUT2D eigenvalue weighted by molar-refractivity contribution is 7.14. The van der Waals surface area contributed by atoms with Gasteiger partial charge in [0.25, 0.3) is 5.91 Å². The van der Waals surface area contributed by atoms with Crippen molar-refractivity contribution in [3.05, 3.63) is 59.0 Å². The molecule has 35 heavy (non-hydrogen) atoms. The molecule has 0 spiro atoms. The van der Waals surface area contributed by atoms with E-state index < -0.39 is 5.66 Å². The van der Waals surface area contributed by atoms with Gasteiger partial charge in [0.15, 0.2) is 5.13 Å². The van der Waals surface area contributed by atoms with Crippen molar-refractivity contribution in [1.29, 1.82) is 0 Å². The van der Waals surface area contributed by atoms with E-state index in [1.807, 2.05) is 49.6 Å². The maximum Gasteiger partial charge on any atom is 0.257 e. The van der Waals surface area contributed by atoms with Crippen LogP contribution in [-0.2, 0) is 9.59 Å². The molecule has 3 aromatic rings. The Labute approximate surface area is 207 Å². The van der Waals surface area contributed by atoms with Gasteiger partial charge >= 0.3 is 0 Å². The van der Waals surface area contributed by atoms with Crippen molar-refractivity contribution in [1.82, 2.24) is 9.88 Å². The van der Waals surface area contributed by atoms with Crippen LogP contribution in [0.25, 0.3) is 11.3 Å². The standard InChI is InChI=1S/C26H26N4O4S/c1-16-8-9-21(34-3)18(14-16)19-15-35-25(27-19)28-22(31)11-13-29-24(33)17-6-4-5-7-20(17)30-23(32)10-12-26(29,30)2/h4-9,14-15H,10-13H2,1-3H3,(H,27,28,31). The Balaban J connectivity index is 1.30. The van der Waals surface area contributed by atoms with E-state index in [1.165, 1.54) is 11.3 Å². The molecule has 0 bridgehead atoms. The van der Waals surface area contributed by atoms with Gasteiger partial charge in [-0.05, 0) is 44.5 Å². The second-order valence-corrected chi connectivity index (χ2v) is 9.82. The molecule has 0 radical (unpaired) electrons. The minimum absolute atomic E-state index is 0.0104. The molecule has 1 fully saturated rings. The highest BCUT2D eigenvalue weighted by Gasteiger charge is 2.52. The molecule has 0 saturated carbocycles. The van der Waals surface area contributed by atoms with E-state index in [9.17, 15) is 14.4 Å². The lowest BCUT2D eigenvalue weighted by Gasteiger charge is -2.48. The van der Waals surface area contributed by atoms with Crippen molar-refractivity contribution >= 4 is 39.9 Å². The molecule has 1 unspecified atom stereocenters. The fraction of sp³-hybridized carbons (Fsp3) is 0.308. The molecule has 1 N–H and O–H groups in total. The van der Waals surface area contributed by atoms with Gasteiger partial charge in [0.1, 0.15) is 11.4 Å². The third-order valence-electron chi connectivity index (χ3n) is 6.69. The van der Waals surface area contributed by atoms with Crippen molar-refractivity contribution in [2.45, 2.75) is 38.8 Å². The number of rotatable bonds is 6. The first kappa shape index (κ1) is 23.0. The number of benzene rings is 2. The number of nitrogens with zero attached hydrogens (tertiary/aromatic N) is 3. The quantitative estimate of drug-likeness (QED) is 0.551. The van der Waals surface area contributed by atoms with Gasteiger partial charge in [0, 0.05) is 30.3 Å². The number of ether oxygens (including phenoxy) is 1. The number of aromatic nitrogens is 1. The van der Waals surface area contributed by atoms with E-state index in [-0.39, 0.29) is 30.7 Å². The van der Waals surface area contributed by atoms with Crippen LogP contribution < -0.4 is 15.0 Å². The van der Waals surface area contributed by atoms with E-state index >= 15 is 0 Å². The van der Waals surface area contributed by atoms with E-state index in [2.05, 4.69) is 10.3 Å². The van der Waals surface area contributed by atoms with Gasteiger partial charge < -0.3 is 15.0 Å². The molecule has 8 nitrogen and oxygen atoms in total. The van der Waals surface area contributed by atoms with E-state index in [4.69, 9.17) is 4.74 Å². The van der Waals surface area contributed by atoms with Gasteiger partial charge in [-0.1, -0.05) is 23.8 Å². The van der Waals surface area contributed by atoms with Gasteiger partial charge in [0.05, 0.1) is 24.1 Å². The first-order valence-corrected chi connectivity index (χ1v) is 12.3. The fourth-order valence-corrected chi connectivity index (χ4v) is 5.64. The highest BCUT2D eigenvalue weighted by atomic mass is 32.1. The zero-order chi connectivity index (χ0) is 24.7. The zero-order valence-corrected chi connectivity index (χ0v) is 20.6. The number of thiazole rings is 1. The number of anilines is 2. The maximum absolute atomic E-state index is 13.3. The molecule has 2 aromatic carbocycles. The van der Waals surface area contributed by atoms with Crippen molar-refractivity contribution in [2.75, 3.05) is 23.9 Å². The molecule has 3 amide bonds. The van der Waals surface area contributed by atoms with Crippen LogP contribution in [-0.4, -0.2) is 46.9 Å². The Morgan fingerprint density at radius 1 is 1.20 bits per heavy atom. The molecule has 1 atom stereocenters. The minimum Gasteiger partial charge on any atom is -0.496 e. The van der Waals surface area contributed by atoms with Crippen LogP contribution in [0.5, 0.6) is 5.75 Å². The number of methoxy groups -OCH3 is 1. The van der Waals surface area contributed by atoms with Crippen LogP contribution in [0, 0.1) is 6.92 Å². The number of hydrogen-bond acceptors (Lipinski definition) is 6. The number of carbonyl (C=O) groups is 3. The fourth-order valence-electron chi connectivity index (χ4n) is 4.91. The molecule has 1 saturated heterocycles. The molecule has 9 heteroatoms. The van der Waals surface area contributed by atoms with Crippen molar-refractivity contribution in [2.24, 2.45) is 0 Å². The SMILES string of the molecule is COc1ccc(C)cc1-c1csc(NC(=O)CCN2C(=O)c3ccccc3N3C(=O)CCC23C)n1. The van der Waals surface area contributed by atoms with Gasteiger partial charge in [-0.3, -0.25) is 19.3 Å². The molecular weight excluding hydrogens is 464 g/mol. The molecule has 2 aliphatic heterocycles. The lowest BCUT2D eigenvalue weighted by atomic mass is 9.98. The first-order valence-electron chi connectivity index (χ1n) is 11.5. The summed E-state index contributed by atoms with van der Waals surface area (Å²) in [4.78, 5) is 46.7. The predicted octanol–water partition coefficient (Wildman–Crippen LogP) is 4.45. The number of fused-ring (bicyclic) bond motifs is 3. The van der Waals surface area contributed by atoms with E-state index in [0.29, 0.717) is 35.0 Å². The number of carbonyl (C=O) groups excluding carboxylic acids is 3. The van der Waals surface area contributed by atoms with Crippen LogP contribution in [0.1, 0.15) is 42.1 Å². The lowest BCUT2D eigenvalue weighted by molar-refractivity contribution is -0.117. The summed E-state index contributed by atoms with van der Waals surface area (Å²) in [6.07, 6.45) is 0.987. The summed E-state index contributed by atoms with van der Waals surface area (Å²) in [5.74, 6) is 0.300. The van der Waals surface area contributed by atoms with Gasteiger partial charge in [-0.2, -0.15) is 0 Å². The summed E-state index contributed by atoms with van der Waals surface area (Å²) in [5, 5.41) is 5.20. The molecule has 1 aromatic heterocycles. The third-order valence-corrected chi connectivity index (χ3v) is 7.45. The van der Waals surface area contributed by atoms with Crippen molar-refractivity contribution in [3.8, 4) is 17.0 Å². The second-order valence-electron chi connectivity index (χ2n) is 8.96. The van der Waals surface area contributed by atoms with Gasteiger partial charge in [-0.25, -0.2) is 4.98 Å². The Morgan fingerprint density at radius 3 is 2.80 bits per heavy atom. The van der Waals surface area contributed by atoms with E-state index in [1.54, 1.807) is 29.0 Å². The van der Waals surface area contributed by atoms with Crippen LogP contribution in [0.3, 0.4) is 0 Å². The molecule has 180 valence electrons. The number of amides is 3. The average molecular weight is 491 g/mol. The number of para-hydroxylation sites is 1. The highest BCUT2D eigenvalue weighted by Crippen LogP contribution is 2.44. The van der Waals surface area contributed by atoms with Gasteiger partial charge in [0.2, 0.25) is 11.8 Å². The number of nitrogens with one attached hydrogen (secondary N) is 1. The maximum atomic E-state index is 13.3. The molecule has 3 heterocycles.